The minimum Gasteiger partial charge on any atom is -0.481 e. The average molecular weight is 344 g/mol. The van der Waals surface area contributed by atoms with Gasteiger partial charge in [-0.15, -0.1) is 0 Å². The lowest BCUT2D eigenvalue weighted by atomic mass is 9.78. The van der Waals surface area contributed by atoms with Crippen LogP contribution in [0.1, 0.15) is 19.3 Å². The molecule has 2 bridgehead atoms. The summed E-state index contributed by atoms with van der Waals surface area (Å²) in [6.07, 6.45) is 2.80. The van der Waals surface area contributed by atoms with Crippen molar-refractivity contribution in [2.45, 2.75) is 19.3 Å². The molecule has 4 atom stereocenters. The first kappa shape index (κ1) is 16.4. The lowest BCUT2D eigenvalue weighted by Gasteiger charge is -2.29. The van der Waals surface area contributed by atoms with Crippen molar-refractivity contribution in [2.24, 2.45) is 23.7 Å². The molecule has 4 rings (SSSR count). The summed E-state index contributed by atoms with van der Waals surface area (Å²) in [5, 5.41) is 12.4. The Bertz CT molecular complexity index is 654. The molecule has 6 nitrogen and oxygen atoms in total. The van der Waals surface area contributed by atoms with Crippen LogP contribution in [-0.4, -0.2) is 43.3 Å². The summed E-state index contributed by atoms with van der Waals surface area (Å²) in [6, 6.07) is 7.78. The van der Waals surface area contributed by atoms with E-state index >= 15 is 0 Å². The highest BCUT2D eigenvalue weighted by molar-refractivity contribution is 5.96. The number of hydrogen-bond acceptors (Lipinski definition) is 4. The molecule has 1 saturated heterocycles. The number of benzene rings is 1. The quantitative estimate of drug-likeness (QED) is 0.875. The Morgan fingerprint density at radius 1 is 1.04 bits per heavy atom. The third-order valence-corrected chi connectivity index (χ3v) is 6.02. The van der Waals surface area contributed by atoms with E-state index in [1.54, 1.807) is 0 Å². The number of ether oxygens (including phenoxy) is 1. The summed E-state index contributed by atoms with van der Waals surface area (Å²) >= 11 is 0. The number of morpholine rings is 1. The second-order valence-electron chi connectivity index (χ2n) is 7.36. The minimum absolute atomic E-state index is 0.140. The smallest absolute Gasteiger partial charge is 0.307 e. The van der Waals surface area contributed by atoms with Crippen LogP contribution in [0.4, 0.5) is 11.4 Å². The number of hydrogen-bond donors (Lipinski definition) is 2. The second-order valence-corrected chi connectivity index (χ2v) is 7.36. The molecular formula is C19H24N2O4. The molecule has 1 amide bonds. The van der Waals surface area contributed by atoms with Crippen molar-refractivity contribution in [1.29, 1.82) is 0 Å². The highest BCUT2D eigenvalue weighted by Crippen LogP contribution is 2.52. The van der Waals surface area contributed by atoms with Crippen molar-refractivity contribution in [1.82, 2.24) is 0 Å². The highest BCUT2D eigenvalue weighted by atomic mass is 16.5. The van der Waals surface area contributed by atoms with Crippen molar-refractivity contribution >= 4 is 23.3 Å². The van der Waals surface area contributed by atoms with Gasteiger partial charge in [-0.25, -0.2) is 0 Å². The summed E-state index contributed by atoms with van der Waals surface area (Å²) in [5.74, 6) is -1.49. The molecule has 2 N–H and O–H groups in total. The number of carboxylic acids is 1. The zero-order chi connectivity index (χ0) is 17.4. The lowest BCUT2D eigenvalue weighted by molar-refractivity contribution is -0.148. The third-order valence-electron chi connectivity index (χ3n) is 6.02. The van der Waals surface area contributed by atoms with Gasteiger partial charge in [0.1, 0.15) is 0 Å². The fraction of sp³-hybridized carbons (Fsp3) is 0.579. The van der Waals surface area contributed by atoms with Gasteiger partial charge >= 0.3 is 5.97 Å². The number of rotatable bonds is 4. The molecule has 1 aliphatic heterocycles. The summed E-state index contributed by atoms with van der Waals surface area (Å²) in [5.41, 5.74) is 1.85. The Kier molecular flexibility index (Phi) is 4.37. The molecule has 0 unspecified atom stereocenters. The SMILES string of the molecule is O=C(O)[C@H]1[C@@H]2CC[C@@H](C2)[C@@H]1C(=O)Nc1ccc(N2CCOCC2)cc1. The van der Waals surface area contributed by atoms with Gasteiger partial charge < -0.3 is 20.1 Å². The van der Waals surface area contributed by atoms with Gasteiger partial charge in [0.15, 0.2) is 0 Å². The van der Waals surface area contributed by atoms with E-state index in [0.29, 0.717) is 0 Å². The van der Waals surface area contributed by atoms with Gasteiger partial charge in [-0.2, -0.15) is 0 Å². The van der Waals surface area contributed by atoms with E-state index in [0.717, 1.165) is 56.9 Å². The molecule has 0 spiro atoms. The van der Waals surface area contributed by atoms with E-state index in [1.807, 2.05) is 24.3 Å². The molecule has 3 fully saturated rings. The Morgan fingerprint density at radius 3 is 2.32 bits per heavy atom. The number of aliphatic carboxylic acids is 1. The number of anilines is 2. The molecule has 6 heteroatoms. The van der Waals surface area contributed by atoms with Crippen LogP contribution in [0.5, 0.6) is 0 Å². The Hall–Kier alpha value is -2.08. The zero-order valence-corrected chi connectivity index (χ0v) is 14.2. The van der Waals surface area contributed by atoms with Crippen LogP contribution in [0.2, 0.25) is 0 Å². The largest absolute Gasteiger partial charge is 0.481 e. The molecule has 1 heterocycles. The summed E-state index contributed by atoms with van der Waals surface area (Å²) in [6.45, 7) is 3.22. The first-order valence-electron chi connectivity index (χ1n) is 9.10. The van der Waals surface area contributed by atoms with Gasteiger partial charge in [0.25, 0.3) is 0 Å². The highest BCUT2D eigenvalue weighted by Gasteiger charge is 2.53. The number of nitrogens with zero attached hydrogens (tertiary/aromatic N) is 1. The fourth-order valence-corrected chi connectivity index (χ4v) is 4.83. The minimum atomic E-state index is -0.824. The normalized spacial score (nSPS) is 31.1. The number of carboxylic acid groups (broad SMARTS) is 1. The predicted octanol–water partition coefficient (Wildman–Crippen LogP) is 2.21. The van der Waals surface area contributed by atoms with E-state index in [-0.39, 0.29) is 17.7 Å². The van der Waals surface area contributed by atoms with Crippen LogP contribution in [0.3, 0.4) is 0 Å². The van der Waals surface area contributed by atoms with Crippen LogP contribution in [-0.2, 0) is 14.3 Å². The Labute approximate surface area is 147 Å². The molecule has 1 aromatic carbocycles. The Balaban J connectivity index is 1.43. The van der Waals surface area contributed by atoms with Crippen molar-refractivity contribution in [3.05, 3.63) is 24.3 Å². The monoisotopic (exact) mass is 344 g/mol. The van der Waals surface area contributed by atoms with E-state index in [1.165, 1.54) is 0 Å². The number of carbonyl (C=O) groups is 2. The molecular weight excluding hydrogens is 320 g/mol. The average Bonchev–Trinajstić information content (AvgIpc) is 3.24. The maximum absolute atomic E-state index is 12.7. The van der Waals surface area contributed by atoms with E-state index in [9.17, 15) is 14.7 Å². The maximum Gasteiger partial charge on any atom is 0.307 e. The molecule has 0 aromatic heterocycles. The lowest BCUT2D eigenvalue weighted by Crippen LogP contribution is -2.38. The van der Waals surface area contributed by atoms with Crippen molar-refractivity contribution < 1.29 is 19.4 Å². The number of amides is 1. The number of nitrogens with one attached hydrogen (secondary N) is 1. The Morgan fingerprint density at radius 2 is 1.68 bits per heavy atom. The first-order chi connectivity index (χ1) is 12.1. The molecule has 2 aliphatic carbocycles. The third kappa shape index (κ3) is 3.11. The van der Waals surface area contributed by atoms with Crippen LogP contribution in [0.25, 0.3) is 0 Å². The molecule has 0 radical (unpaired) electrons. The molecule has 25 heavy (non-hydrogen) atoms. The van der Waals surface area contributed by atoms with Crippen LogP contribution >= 0.6 is 0 Å². The second kappa shape index (κ2) is 6.67. The summed E-state index contributed by atoms with van der Waals surface area (Å²) < 4.78 is 5.36. The van der Waals surface area contributed by atoms with E-state index < -0.39 is 17.8 Å². The van der Waals surface area contributed by atoms with Gasteiger partial charge in [-0.05, 0) is 55.4 Å². The van der Waals surface area contributed by atoms with Gasteiger partial charge in [0, 0.05) is 24.5 Å². The molecule has 1 aromatic rings. The van der Waals surface area contributed by atoms with Crippen molar-refractivity contribution in [3.8, 4) is 0 Å². The zero-order valence-electron chi connectivity index (χ0n) is 14.2. The first-order valence-corrected chi connectivity index (χ1v) is 9.10. The van der Waals surface area contributed by atoms with Gasteiger partial charge in [-0.3, -0.25) is 9.59 Å². The van der Waals surface area contributed by atoms with E-state index in [2.05, 4.69) is 10.2 Å². The predicted molar refractivity (Wildman–Crippen MR) is 93.6 cm³/mol. The molecule has 134 valence electrons. The molecule has 3 aliphatic rings. The van der Waals surface area contributed by atoms with Crippen molar-refractivity contribution in [3.63, 3.8) is 0 Å². The maximum atomic E-state index is 12.7. The topological polar surface area (TPSA) is 78.9 Å². The summed E-state index contributed by atoms with van der Waals surface area (Å²) in [4.78, 5) is 26.5. The van der Waals surface area contributed by atoms with Crippen LogP contribution in [0, 0.1) is 23.7 Å². The van der Waals surface area contributed by atoms with Crippen molar-refractivity contribution in [2.75, 3.05) is 36.5 Å². The fourth-order valence-electron chi connectivity index (χ4n) is 4.83. The summed E-state index contributed by atoms with van der Waals surface area (Å²) in [7, 11) is 0. The van der Waals surface area contributed by atoms with Gasteiger partial charge in [-0.1, -0.05) is 0 Å². The number of carbonyl (C=O) groups excluding carboxylic acids is 1. The van der Waals surface area contributed by atoms with E-state index in [4.69, 9.17) is 4.74 Å². The van der Waals surface area contributed by atoms with Crippen LogP contribution < -0.4 is 10.2 Å². The number of fused-ring (bicyclic) bond motifs is 2. The standard InChI is InChI=1S/C19H24N2O4/c22-18(16-12-1-2-13(11-12)17(16)19(23)24)20-14-3-5-15(6-4-14)21-7-9-25-10-8-21/h3-6,12-13,16-17H,1-2,7-11H2,(H,20,22)(H,23,24)/t12-,13+,16-,17-/m0/s1. The van der Waals surface area contributed by atoms with Gasteiger partial charge in [0.2, 0.25) is 5.91 Å². The molecule has 2 saturated carbocycles. The van der Waals surface area contributed by atoms with Crippen LogP contribution in [0.15, 0.2) is 24.3 Å². The van der Waals surface area contributed by atoms with Gasteiger partial charge in [0.05, 0.1) is 25.0 Å².